The van der Waals surface area contributed by atoms with Crippen LogP contribution < -0.4 is 9.73 Å². The molecule has 3 aromatic carbocycles. The molecule has 0 unspecified atom stereocenters. The first-order valence-corrected chi connectivity index (χ1v) is 14.4. The van der Waals surface area contributed by atoms with Crippen LogP contribution in [0.3, 0.4) is 0 Å². The van der Waals surface area contributed by atoms with Crippen LogP contribution in [0.2, 0.25) is 5.02 Å². The number of ether oxygens (including phenoxy) is 1. The van der Waals surface area contributed by atoms with Crippen LogP contribution in [0.25, 0.3) is 11.3 Å². The van der Waals surface area contributed by atoms with Gasteiger partial charge in [0.15, 0.2) is 0 Å². The third-order valence-corrected chi connectivity index (χ3v) is 7.26. The van der Waals surface area contributed by atoms with Crippen molar-refractivity contribution >= 4 is 45.4 Å². The van der Waals surface area contributed by atoms with Crippen molar-refractivity contribution in [1.82, 2.24) is 5.43 Å². The fourth-order valence-corrected chi connectivity index (χ4v) is 4.82. The first-order chi connectivity index (χ1) is 19.2. The van der Waals surface area contributed by atoms with Crippen LogP contribution in [-0.2, 0) is 21.3 Å². The summed E-state index contributed by atoms with van der Waals surface area (Å²) in [4.78, 5) is 24.4. The Morgan fingerprint density at radius 2 is 1.65 bits per heavy atom. The second-order valence-corrected chi connectivity index (χ2v) is 10.9. The summed E-state index contributed by atoms with van der Waals surface area (Å²) in [5.74, 6) is 0.0899. The lowest BCUT2D eigenvalue weighted by Crippen LogP contribution is -2.29. The highest BCUT2D eigenvalue weighted by atomic mass is 35.5. The number of hydrogen-bond acceptors (Lipinski definition) is 7. The van der Waals surface area contributed by atoms with Gasteiger partial charge in [-0.1, -0.05) is 41.9 Å². The second-order valence-electron chi connectivity index (χ2n) is 8.61. The van der Waals surface area contributed by atoms with Gasteiger partial charge in [0.05, 0.1) is 36.9 Å². The molecule has 0 atom stereocenters. The summed E-state index contributed by atoms with van der Waals surface area (Å²) in [5, 5.41) is 4.40. The van der Waals surface area contributed by atoms with Crippen LogP contribution in [0.15, 0.2) is 94.4 Å². The van der Waals surface area contributed by atoms with Crippen molar-refractivity contribution in [3.05, 3.63) is 112 Å². The van der Waals surface area contributed by atoms with Crippen LogP contribution in [-0.4, -0.2) is 39.4 Å². The Balaban J connectivity index is 1.38. The molecular weight excluding hydrogens is 554 g/mol. The molecule has 1 aromatic heterocycles. The first-order valence-electron chi connectivity index (χ1n) is 12.2. The van der Waals surface area contributed by atoms with E-state index in [0.29, 0.717) is 40.0 Å². The molecule has 0 aliphatic carbocycles. The Labute approximate surface area is 237 Å². The van der Waals surface area contributed by atoms with Gasteiger partial charge in [-0.05, 0) is 67.1 Å². The number of carbonyl (C=O) groups excluding carboxylic acids is 2. The SMILES string of the molecule is CCOC(=O)c1ccc(-c2ccc(/C=N/NC(=O)c3ccc(N(Cc4ccccc4Cl)S(C)(=O)=O)cc3)o2)cc1. The maximum absolute atomic E-state index is 12.6. The summed E-state index contributed by atoms with van der Waals surface area (Å²) in [5.41, 5.74) is 4.96. The molecule has 0 bridgehead atoms. The van der Waals surface area contributed by atoms with E-state index in [9.17, 15) is 18.0 Å². The topological polar surface area (TPSA) is 118 Å². The van der Waals surface area contributed by atoms with Crippen LogP contribution >= 0.6 is 11.6 Å². The average Bonchev–Trinajstić information content (AvgIpc) is 3.41. The lowest BCUT2D eigenvalue weighted by molar-refractivity contribution is 0.0526. The zero-order valence-corrected chi connectivity index (χ0v) is 23.3. The molecule has 0 spiro atoms. The molecule has 0 fully saturated rings. The van der Waals surface area contributed by atoms with Gasteiger partial charge in [0, 0.05) is 16.1 Å². The number of nitrogens with one attached hydrogen (secondary N) is 1. The van der Waals surface area contributed by atoms with Crippen molar-refractivity contribution in [2.75, 3.05) is 17.2 Å². The van der Waals surface area contributed by atoms with Gasteiger partial charge in [-0.3, -0.25) is 9.10 Å². The first kappa shape index (κ1) is 28.6. The third-order valence-electron chi connectivity index (χ3n) is 5.75. The monoisotopic (exact) mass is 579 g/mol. The van der Waals surface area contributed by atoms with Crippen molar-refractivity contribution in [3.8, 4) is 11.3 Å². The molecule has 40 heavy (non-hydrogen) atoms. The van der Waals surface area contributed by atoms with Gasteiger partial charge in [0.2, 0.25) is 10.0 Å². The lowest BCUT2D eigenvalue weighted by atomic mass is 10.1. The van der Waals surface area contributed by atoms with Gasteiger partial charge in [-0.2, -0.15) is 5.10 Å². The Morgan fingerprint density at radius 3 is 2.30 bits per heavy atom. The minimum Gasteiger partial charge on any atom is -0.462 e. The fourth-order valence-electron chi connectivity index (χ4n) is 3.74. The zero-order valence-electron chi connectivity index (χ0n) is 21.7. The van der Waals surface area contributed by atoms with E-state index >= 15 is 0 Å². The molecule has 1 heterocycles. The predicted molar refractivity (Wildman–Crippen MR) is 154 cm³/mol. The summed E-state index contributed by atoms with van der Waals surface area (Å²) in [6.07, 6.45) is 2.47. The number of esters is 1. The Hall–Kier alpha value is -4.41. The van der Waals surface area contributed by atoms with E-state index in [0.717, 1.165) is 11.8 Å². The third kappa shape index (κ3) is 7.16. The average molecular weight is 580 g/mol. The molecule has 0 aliphatic heterocycles. The maximum atomic E-state index is 12.6. The number of benzene rings is 3. The Bertz CT molecular complexity index is 1630. The summed E-state index contributed by atoms with van der Waals surface area (Å²) >= 11 is 6.21. The molecular formula is C29H26ClN3O6S. The number of furan rings is 1. The van der Waals surface area contributed by atoms with Gasteiger partial charge in [0.25, 0.3) is 5.91 Å². The van der Waals surface area contributed by atoms with Crippen LogP contribution in [0.1, 0.15) is 39.0 Å². The number of sulfonamides is 1. The molecule has 11 heteroatoms. The van der Waals surface area contributed by atoms with E-state index < -0.39 is 21.9 Å². The van der Waals surface area contributed by atoms with E-state index in [1.54, 1.807) is 79.7 Å². The van der Waals surface area contributed by atoms with E-state index in [4.69, 9.17) is 20.8 Å². The minimum absolute atomic E-state index is 0.0506. The summed E-state index contributed by atoms with van der Waals surface area (Å²) in [6, 6.07) is 23.3. The molecule has 206 valence electrons. The van der Waals surface area contributed by atoms with Gasteiger partial charge in [-0.15, -0.1) is 0 Å². The van der Waals surface area contributed by atoms with Crippen molar-refractivity contribution in [3.63, 3.8) is 0 Å². The van der Waals surface area contributed by atoms with Crippen molar-refractivity contribution in [1.29, 1.82) is 0 Å². The zero-order chi connectivity index (χ0) is 28.7. The maximum Gasteiger partial charge on any atom is 0.338 e. The number of amides is 1. The molecule has 4 rings (SSSR count). The van der Waals surface area contributed by atoms with Crippen LogP contribution in [0, 0.1) is 0 Å². The quantitative estimate of drug-likeness (QED) is 0.150. The highest BCUT2D eigenvalue weighted by molar-refractivity contribution is 7.92. The number of hydrogen-bond donors (Lipinski definition) is 1. The molecule has 9 nitrogen and oxygen atoms in total. The standard InChI is InChI=1S/C29H26ClN3O6S/c1-3-38-29(35)22-10-8-20(9-11-22)27-17-16-25(39-27)18-31-32-28(34)21-12-14-24(15-13-21)33(40(2,36)37)19-23-6-4-5-7-26(23)30/h4-18H,3,19H2,1-2H3,(H,32,34)/b31-18+. The number of anilines is 1. The molecule has 4 aromatic rings. The molecule has 1 N–H and O–H groups in total. The number of hydrazone groups is 1. The van der Waals surface area contributed by atoms with Gasteiger partial charge in [-0.25, -0.2) is 18.6 Å². The van der Waals surface area contributed by atoms with E-state index in [1.807, 2.05) is 0 Å². The summed E-state index contributed by atoms with van der Waals surface area (Å²) < 4.78 is 36.9. The lowest BCUT2D eigenvalue weighted by Gasteiger charge is -2.23. The van der Waals surface area contributed by atoms with Gasteiger partial charge < -0.3 is 9.15 Å². The number of nitrogens with zero attached hydrogens (tertiary/aromatic N) is 2. The molecule has 0 aliphatic rings. The predicted octanol–water partition coefficient (Wildman–Crippen LogP) is 5.51. The van der Waals surface area contributed by atoms with Crippen molar-refractivity contribution < 1.29 is 27.2 Å². The Morgan fingerprint density at radius 1 is 0.975 bits per heavy atom. The minimum atomic E-state index is -3.62. The highest BCUT2D eigenvalue weighted by Crippen LogP contribution is 2.25. The number of rotatable bonds is 10. The largest absolute Gasteiger partial charge is 0.462 e. The Kier molecular flexibility index (Phi) is 9.03. The van der Waals surface area contributed by atoms with Crippen molar-refractivity contribution in [2.45, 2.75) is 13.5 Å². The normalized spacial score (nSPS) is 11.4. The van der Waals surface area contributed by atoms with Crippen LogP contribution in [0.5, 0.6) is 0 Å². The highest BCUT2D eigenvalue weighted by Gasteiger charge is 2.19. The number of carbonyl (C=O) groups is 2. The summed E-state index contributed by atoms with van der Waals surface area (Å²) in [7, 11) is -3.62. The smallest absolute Gasteiger partial charge is 0.338 e. The van der Waals surface area contributed by atoms with E-state index in [-0.39, 0.29) is 12.1 Å². The molecule has 0 saturated heterocycles. The molecule has 1 amide bonds. The fraction of sp³-hybridized carbons (Fsp3) is 0.138. The van der Waals surface area contributed by atoms with Crippen LogP contribution in [0.4, 0.5) is 5.69 Å². The van der Waals surface area contributed by atoms with Gasteiger partial charge >= 0.3 is 5.97 Å². The summed E-state index contributed by atoms with van der Waals surface area (Å²) in [6.45, 7) is 2.10. The number of halogens is 1. The van der Waals surface area contributed by atoms with Gasteiger partial charge in [0.1, 0.15) is 11.5 Å². The van der Waals surface area contributed by atoms with E-state index in [1.165, 1.54) is 22.7 Å². The molecule has 0 saturated carbocycles. The molecule has 0 radical (unpaired) electrons. The second kappa shape index (κ2) is 12.6. The van der Waals surface area contributed by atoms with Crippen molar-refractivity contribution in [2.24, 2.45) is 5.10 Å². The van der Waals surface area contributed by atoms with E-state index in [2.05, 4.69) is 10.5 Å².